The van der Waals surface area contributed by atoms with Crippen LogP contribution >= 0.6 is 0 Å². The Labute approximate surface area is 152 Å². The highest BCUT2D eigenvalue weighted by atomic mass is 15.4. The lowest BCUT2D eigenvalue weighted by Crippen LogP contribution is -2.47. The Hall–Kier alpha value is -2.70. The molecule has 0 aromatic carbocycles. The first kappa shape index (κ1) is 15.5. The topological polar surface area (TPSA) is 75.5 Å². The van der Waals surface area contributed by atoms with Gasteiger partial charge in [-0.1, -0.05) is 6.42 Å². The maximum Gasteiger partial charge on any atom is 0.227 e. The lowest BCUT2D eigenvalue weighted by atomic mass is 9.64. The lowest BCUT2D eigenvalue weighted by molar-refractivity contribution is 0.107. The van der Waals surface area contributed by atoms with Crippen LogP contribution in [-0.4, -0.2) is 43.0 Å². The second-order valence-electron chi connectivity index (χ2n) is 7.66. The number of hydrogen-bond donors (Lipinski definition) is 1. The van der Waals surface area contributed by atoms with Gasteiger partial charge >= 0.3 is 0 Å². The van der Waals surface area contributed by atoms with Crippen molar-refractivity contribution in [1.29, 1.82) is 0 Å². The molecule has 3 aromatic rings. The number of rotatable bonds is 3. The summed E-state index contributed by atoms with van der Waals surface area (Å²) >= 11 is 0. The second kappa shape index (κ2) is 5.93. The zero-order chi connectivity index (χ0) is 17.6. The third kappa shape index (κ3) is 2.50. The van der Waals surface area contributed by atoms with E-state index < -0.39 is 0 Å². The van der Waals surface area contributed by atoms with E-state index in [1.807, 2.05) is 25.2 Å². The van der Waals surface area contributed by atoms with Crippen molar-refractivity contribution in [3.63, 3.8) is 0 Å². The first-order chi connectivity index (χ1) is 12.7. The van der Waals surface area contributed by atoms with Crippen LogP contribution in [0.3, 0.4) is 0 Å². The van der Waals surface area contributed by atoms with Crippen molar-refractivity contribution in [3.8, 4) is 22.8 Å². The molecule has 4 heterocycles. The molecule has 1 spiro atoms. The number of hydrogen-bond acceptors (Lipinski definition) is 5. The van der Waals surface area contributed by atoms with Crippen LogP contribution in [0, 0.1) is 5.41 Å². The van der Waals surface area contributed by atoms with Gasteiger partial charge in [0, 0.05) is 38.1 Å². The Kier molecular flexibility index (Phi) is 3.55. The monoisotopic (exact) mass is 349 g/mol. The van der Waals surface area contributed by atoms with Gasteiger partial charge in [-0.05, 0) is 49.3 Å². The number of anilines is 1. The van der Waals surface area contributed by atoms with Crippen molar-refractivity contribution in [3.05, 3.63) is 30.6 Å². The van der Waals surface area contributed by atoms with Gasteiger partial charge in [-0.15, -0.1) is 10.2 Å². The van der Waals surface area contributed by atoms with Gasteiger partial charge in [0.25, 0.3) is 0 Å². The van der Waals surface area contributed by atoms with Crippen LogP contribution in [-0.2, 0) is 7.05 Å². The third-order valence-electron chi connectivity index (χ3n) is 6.01. The molecule has 2 aliphatic rings. The SMILES string of the molecule is Cn1c(-c2cc(-c3ccncc3)n[nH]2)nnc1N1CCCC2(CCC2)C1. The molecule has 7 nitrogen and oxygen atoms in total. The van der Waals surface area contributed by atoms with Crippen LogP contribution in [0.1, 0.15) is 32.1 Å². The van der Waals surface area contributed by atoms with Gasteiger partial charge in [-0.3, -0.25) is 14.6 Å². The number of piperidine rings is 1. The normalized spacial score (nSPS) is 18.9. The van der Waals surface area contributed by atoms with Crippen molar-refractivity contribution in [1.82, 2.24) is 29.9 Å². The lowest BCUT2D eigenvalue weighted by Gasteiger charge is -2.49. The molecule has 134 valence electrons. The molecular formula is C19H23N7. The summed E-state index contributed by atoms with van der Waals surface area (Å²) < 4.78 is 2.08. The maximum atomic E-state index is 4.50. The van der Waals surface area contributed by atoms with E-state index in [1.54, 1.807) is 12.4 Å². The van der Waals surface area contributed by atoms with Crippen LogP contribution in [0.15, 0.2) is 30.6 Å². The molecule has 0 radical (unpaired) electrons. The first-order valence-electron chi connectivity index (χ1n) is 9.35. The molecule has 2 fully saturated rings. The second-order valence-corrected chi connectivity index (χ2v) is 7.66. The van der Waals surface area contributed by atoms with Crippen molar-refractivity contribution < 1.29 is 0 Å². The van der Waals surface area contributed by atoms with Gasteiger partial charge < -0.3 is 4.90 Å². The Morgan fingerprint density at radius 1 is 1.08 bits per heavy atom. The summed E-state index contributed by atoms with van der Waals surface area (Å²) in [4.78, 5) is 6.47. The number of nitrogens with one attached hydrogen (secondary N) is 1. The number of nitrogens with zero attached hydrogens (tertiary/aromatic N) is 6. The summed E-state index contributed by atoms with van der Waals surface area (Å²) in [5.74, 6) is 1.78. The van der Waals surface area contributed by atoms with Gasteiger partial charge in [-0.2, -0.15) is 5.10 Å². The highest BCUT2D eigenvalue weighted by Crippen LogP contribution is 2.48. The molecule has 1 N–H and O–H groups in total. The van der Waals surface area contributed by atoms with Crippen molar-refractivity contribution in [2.24, 2.45) is 12.5 Å². The smallest absolute Gasteiger partial charge is 0.227 e. The van der Waals surface area contributed by atoms with E-state index in [9.17, 15) is 0 Å². The number of aromatic nitrogens is 6. The minimum atomic E-state index is 0.535. The predicted molar refractivity (Wildman–Crippen MR) is 99.5 cm³/mol. The van der Waals surface area contributed by atoms with Crippen LogP contribution < -0.4 is 4.90 Å². The van der Waals surface area contributed by atoms with Crippen molar-refractivity contribution in [2.45, 2.75) is 32.1 Å². The van der Waals surface area contributed by atoms with Crippen LogP contribution in [0.2, 0.25) is 0 Å². The van der Waals surface area contributed by atoms with Gasteiger partial charge in [0.2, 0.25) is 5.95 Å². The largest absolute Gasteiger partial charge is 0.340 e. The molecule has 1 aliphatic carbocycles. The molecule has 7 heteroatoms. The number of aromatic amines is 1. The van der Waals surface area contributed by atoms with E-state index in [-0.39, 0.29) is 0 Å². The predicted octanol–water partition coefficient (Wildman–Crippen LogP) is 3.04. The summed E-state index contributed by atoms with van der Waals surface area (Å²) in [5, 5.41) is 16.5. The van der Waals surface area contributed by atoms with E-state index in [2.05, 4.69) is 34.8 Å². The van der Waals surface area contributed by atoms with E-state index in [0.717, 1.165) is 41.8 Å². The average Bonchev–Trinajstić information content (AvgIpc) is 3.28. The fraction of sp³-hybridized carbons (Fsp3) is 0.474. The highest BCUT2D eigenvalue weighted by Gasteiger charge is 2.41. The van der Waals surface area contributed by atoms with Gasteiger partial charge in [0.1, 0.15) is 5.69 Å². The van der Waals surface area contributed by atoms with Gasteiger partial charge in [0.15, 0.2) is 5.82 Å². The molecule has 1 aliphatic heterocycles. The maximum absolute atomic E-state index is 4.50. The summed E-state index contributed by atoms with van der Waals surface area (Å²) in [7, 11) is 2.04. The molecule has 3 aromatic heterocycles. The Morgan fingerprint density at radius 3 is 2.65 bits per heavy atom. The van der Waals surface area contributed by atoms with E-state index in [0.29, 0.717) is 5.41 Å². The molecule has 0 bridgehead atoms. The zero-order valence-corrected chi connectivity index (χ0v) is 15.0. The minimum absolute atomic E-state index is 0.535. The molecular weight excluding hydrogens is 326 g/mol. The van der Waals surface area contributed by atoms with Crippen LogP contribution in [0.25, 0.3) is 22.8 Å². The molecule has 5 rings (SSSR count). The first-order valence-corrected chi connectivity index (χ1v) is 9.35. The Balaban J connectivity index is 1.42. The molecule has 0 unspecified atom stereocenters. The van der Waals surface area contributed by atoms with Gasteiger partial charge in [-0.25, -0.2) is 0 Å². The number of H-pyrrole nitrogens is 1. The van der Waals surface area contributed by atoms with Crippen molar-refractivity contribution in [2.75, 3.05) is 18.0 Å². The summed E-state index contributed by atoms with van der Waals surface area (Å²) in [6.45, 7) is 2.18. The highest BCUT2D eigenvalue weighted by molar-refractivity contribution is 5.65. The fourth-order valence-corrected chi connectivity index (χ4v) is 4.40. The quantitative estimate of drug-likeness (QED) is 0.786. The number of pyridine rings is 1. The zero-order valence-electron chi connectivity index (χ0n) is 15.0. The van der Waals surface area contributed by atoms with E-state index in [4.69, 9.17) is 0 Å². The Morgan fingerprint density at radius 2 is 1.88 bits per heavy atom. The average molecular weight is 349 g/mol. The van der Waals surface area contributed by atoms with Crippen LogP contribution in [0.5, 0.6) is 0 Å². The Bertz CT molecular complexity index is 907. The fourth-order valence-electron chi connectivity index (χ4n) is 4.40. The third-order valence-corrected chi connectivity index (χ3v) is 6.01. The minimum Gasteiger partial charge on any atom is -0.340 e. The molecule has 1 saturated heterocycles. The standard InChI is InChI=1S/C19H23N7/c1-25-17(16-12-15(21-22-16)14-4-9-20-10-5-14)23-24-18(25)26-11-3-8-19(13-26)6-2-7-19/h4-5,9-10,12H,2-3,6-8,11,13H2,1H3,(H,21,22). The van der Waals surface area contributed by atoms with Crippen LogP contribution in [0.4, 0.5) is 5.95 Å². The molecule has 26 heavy (non-hydrogen) atoms. The molecule has 1 saturated carbocycles. The van der Waals surface area contributed by atoms with Gasteiger partial charge in [0.05, 0.1) is 5.69 Å². The van der Waals surface area contributed by atoms with Crippen molar-refractivity contribution >= 4 is 5.95 Å². The molecule has 0 atom stereocenters. The van der Waals surface area contributed by atoms with E-state index >= 15 is 0 Å². The summed E-state index contributed by atoms with van der Waals surface area (Å²) in [6.07, 6.45) is 10.3. The van der Waals surface area contributed by atoms with E-state index in [1.165, 1.54) is 32.1 Å². The summed E-state index contributed by atoms with van der Waals surface area (Å²) in [6, 6.07) is 5.93. The summed E-state index contributed by atoms with van der Waals surface area (Å²) in [5.41, 5.74) is 3.34. The molecule has 0 amide bonds.